The summed E-state index contributed by atoms with van der Waals surface area (Å²) < 4.78 is 13.2. The third-order valence-electron chi connectivity index (χ3n) is 10.5. The van der Waals surface area contributed by atoms with Crippen LogP contribution in [0.3, 0.4) is 0 Å². The Balaban J connectivity index is 1.14. The lowest BCUT2D eigenvalue weighted by Crippen LogP contribution is -2.25. The number of ether oxygens (including phenoxy) is 1. The number of benzene rings is 7. The molecule has 3 heterocycles. The molecule has 0 amide bonds. The summed E-state index contributed by atoms with van der Waals surface area (Å²) >= 11 is 0. The number of para-hydroxylation sites is 2. The molecule has 0 radical (unpaired) electrons. The summed E-state index contributed by atoms with van der Waals surface area (Å²) in [5, 5.41) is 6.80. The Bertz CT molecular complexity index is 2880. The van der Waals surface area contributed by atoms with Crippen LogP contribution in [0.25, 0.3) is 77.4 Å². The van der Waals surface area contributed by atoms with Crippen LogP contribution in [0.4, 0.5) is 0 Å². The Morgan fingerprint density at radius 1 is 0.462 bits per heavy atom. The average molecular weight is 668 g/mol. The van der Waals surface area contributed by atoms with Crippen LogP contribution in [0.1, 0.15) is 22.9 Å². The van der Waals surface area contributed by atoms with Crippen LogP contribution in [-0.4, -0.2) is 21.1 Å². The molecule has 7 aromatic carbocycles. The summed E-state index contributed by atoms with van der Waals surface area (Å²) in [6, 6.07) is 52.4. The highest BCUT2D eigenvalue weighted by Crippen LogP contribution is 2.52. The zero-order valence-corrected chi connectivity index (χ0v) is 27.9. The molecule has 2 unspecified atom stereocenters. The molecule has 11 rings (SSSR count). The van der Waals surface area contributed by atoms with Gasteiger partial charge >= 0.3 is 0 Å². The van der Waals surface area contributed by atoms with Gasteiger partial charge in [-0.25, -0.2) is 15.0 Å². The number of hydrogen-bond donors (Lipinski definition) is 0. The summed E-state index contributed by atoms with van der Waals surface area (Å²) in [4.78, 5) is 15.6. The predicted octanol–water partition coefficient (Wildman–Crippen LogP) is 11.4. The second-order valence-electron chi connectivity index (χ2n) is 13.5. The average Bonchev–Trinajstić information content (AvgIpc) is 3.79. The number of furan rings is 1. The molecule has 244 valence electrons. The number of rotatable bonds is 4. The van der Waals surface area contributed by atoms with Crippen molar-refractivity contribution in [3.63, 3.8) is 0 Å². The minimum Gasteiger partial charge on any atom is -0.484 e. The van der Waals surface area contributed by atoms with Gasteiger partial charge in [-0.05, 0) is 57.4 Å². The summed E-state index contributed by atoms with van der Waals surface area (Å²) in [5.41, 5.74) is 7.93. The van der Waals surface area contributed by atoms with Gasteiger partial charge in [0.05, 0.1) is 5.92 Å². The molecule has 2 aromatic heterocycles. The van der Waals surface area contributed by atoms with E-state index in [1.54, 1.807) is 0 Å². The van der Waals surface area contributed by atoms with E-state index in [0.29, 0.717) is 17.5 Å². The number of hydrogen-bond acceptors (Lipinski definition) is 5. The Hall–Kier alpha value is -6.85. The van der Waals surface area contributed by atoms with Crippen molar-refractivity contribution in [3.05, 3.63) is 181 Å². The van der Waals surface area contributed by atoms with Crippen LogP contribution in [0.5, 0.6) is 5.75 Å². The van der Waals surface area contributed by atoms with E-state index in [4.69, 9.17) is 24.1 Å². The fourth-order valence-corrected chi connectivity index (χ4v) is 8.06. The first-order chi connectivity index (χ1) is 25.7. The maximum atomic E-state index is 6.88. The standard InChI is InChI=1S/C47H29N3O2/c1-3-12-30-26-32(22-20-28(30)10-1)45-48-46(33-23-21-29-11-2-4-13-31(29)27-33)50-47(49-45)38-25-24-35(44-43(38)37-15-6-8-18-40(37)52-44)34-16-9-19-41-42(34)36-14-5-7-17-39(36)51-41/h1-27,43-44H. The zero-order chi connectivity index (χ0) is 34.2. The molecule has 0 saturated heterocycles. The van der Waals surface area contributed by atoms with Crippen molar-refractivity contribution in [2.75, 3.05) is 0 Å². The molecule has 0 saturated carbocycles. The van der Waals surface area contributed by atoms with E-state index in [1.165, 1.54) is 10.8 Å². The van der Waals surface area contributed by atoms with Crippen molar-refractivity contribution >= 4 is 54.6 Å². The number of nitrogens with zero attached hydrogens (tertiary/aromatic N) is 3. The van der Waals surface area contributed by atoms with Crippen LogP contribution < -0.4 is 4.74 Å². The van der Waals surface area contributed by atoms with E-state index >= 15 is 0 Å². The first-order valence-electron chi connectivity index (χ1n) is 17.6. The molecule has 0 bridgehead atoms. The molecule has 2 atom stereocenters. The molecule has 0 fully saturated rings. The lowest BCUT2D eigenvalue weighted by molar-refractivity contribution is 0.281. The minimum absolute atomic E-state index is 0.138. The highest BCUT2D eigenvalue weighted by Gasteiger charge is 2.43. The first-order valence-corrected chi connectivity index (χ1v) is 17.6. The fraction of sp³-hybridized carbons (Fsp3) is 0.0426. The van der Waals surface area contributed by atoms with E-state index in [0.717, 1.165) is 71.9 Å². The van der Waals surface area contributed by atoms with Crippen molar-refractivity contribution in [2.24, 2.45) is 0 Å². The third kappa shape index (κ3) is 4.53. The zero-order valence-electron chi connectivity index (χ0n) is 27.9. The minimum atomic E-state index is -0.290. The highest BCUT2D eigenvalue weighted by molar-refractivity contribution is 6.11. The molecule has 1 aliphatic heterocycles. The molecule has 5 heteroatoms. The first kappa shape index (κ1) is 28.9. The van der Waals surface area contributed by atoms with Crippen molar-refractivity contribution in [3.8, 4) is 28.5 Å². The molecule has 9 aromatic rings. The van der Waals surface area contributed by atoms with E-state index in [-0.39, 0.29) is 12.0 Å². The monoisotopic (exact) mass is 667 g/mol. The lowest BCUT2D eigenvalue weighted by atomic mass is 9.78. The molecular weight excluding hydrogens is 639 g/mol. The Morgan fingerprint density at radius 3 is 1.81 bits per heavy atom. The maximum absolute atomic E-state index is 6.88. The van der Waals surface area contributed by atoms with Gasteiger partial charge in [0.15, 0.2) is 17.5 Å². The molecule has 2 aliphatic rings. The van der Waals surface area contributed by atoms with Gasteiger partial charge in [-0.2, -0.15) is 0 Å². The predicted molar refractivity (Wildman–Crippen MR) is 209 cm³/mol. The quantitative estimate of drug-likeness (QED) is 0.187. The Labute approximate surface area is 299 Å². The smallest absolute Gasteiger partial charge is 0.164 e. The molecule has 0 spiro atoms. The van der Waals surface area contributed by atoms with Crippen molar-refractivity contribution in [1.82, 2.24) is 15.0 Å². The SMILES string of the molecule is C1=C(c2cccc3oc4ccccc4c23)C2Oc3ccccc3C2C(c2nc(-c3ccc4ccccc4c3)nc(-c3ccc4ccccc4c3)n2)=C1. The van der Waals surface area contributed by atoms with E-state index in [9.17, 15) is 0 Å². The van der Waals surface area contributed by atoms with E-state index < -0.39 is 0 Å². The summed E-state index contributed by atoms with van der Waals surface area (Å²) in [7, 11) is 0. The van der Waals surface area contributed by atoms with Crippen molar-refractivity contribution in [1.29, 1.82) is 0 Å². The van der Waals surface area contributed by atoms with Crippen LogP contribution >= 0.6 is 0 Å². The van der Waals surface area contributed by atoms with Crippen LogP contribution in [-0.2, 0) is 0 Å². The van der Waals surface area contributed by atoms with Crippen molar-refractivity contribution < 1.29 is 9.15 Å². The second-order valence-corrected chi connectivity index (χ2v) is 13.5. The molecule has 52 heavy (non-hydrogen) atoms. The molecular formula is C47H29N3O2. The Morgan fingerprint density at radius 2 is 1.06 bits per heavy atom. The summed E-state index contributed by atoms with van der Waals surface area (Å²) in [5.74, 6) is 2.64. The van der Waals surface area contributed by atoms with Gasteiger partial charge in [-0.1, -0.05) is 133 Å². The van der Waals surface area contributed by atoms with Gasteiger partial charge in [0.1, 0.15) is 23.0 Å². The van der Waals surface area contributed by atoms with E-state index in [2.05, 4.69) is 140 Å². The summed E-state index contributed by atoms with van der Waals surface area (Å²) in [6.07, 6.45) is 4.09. The normalized spacial score (nSPS) is 16.5. The van der Waals surface area contributed by atoms with E-state index in [1.807, 2.05) is 24.3 Å². The maximum Gasteiger partial charge on any atom is 0.164 e. The summed E-state index contributed by atoms with van der Waals surface area (Å²) in [6.45, 7) is 0. The van der Waals surface area contributed by atoms with Gasteiger partial charge < -0.3 is 9.15 Å². The lowest BCUT2D eigenvalue weighted by Gasteiger charge is -2.28. The van der Waals surface area contributed by atoms with Crippen LogP contribution in [0.2, 0.25) is 0 Å². The van der Waals surface area contributed by atoms with Crippen LogP contribution in [0, 0.1) is 0 Å². The van der Waals surface area contributed by atoms with Gasteiger partial charge in [0.25, 0.3) is 0 Å². The largest absolute Gasteiger partial charge is 0.484 e. The Kier molecular flexibility index (Phi) is 6.31. The molecule has 1 aliphatic carbocycles. The van der Waals surface area contributed by atoms with Crippen LogP contribution in [0.15, 0.2) is 168 Å². The molecule has 0 N–H and O–H groups in total. The van der Waals surface area contributed by atoms with Gasteiger partial charge in [0, 0.05) is 38.6 Å². The fourth-order valence-electron chi connectivity index (χ4n) is 8.06. The number of aromatic nitrogens is 3. The van der Waals surface area contributed by atoms with Gasteiger partial charge in [0.2, 0.25) is 0 Å². The third-order valence-corrected chi connectivity index (χ3v) is 10.5. The second kappa shape index (κ2) is 11.3. The van der Waals surface area contributed by atoms with Gasteiger partial charge in [-0.3, -0.25) is 0 Å². The highest BCUT2D eigenvalue weighted by atomic mass is 16.5. The number of fused-ring (bicyclic) bond motifs is 8. The topological polar surface area (TPSA) is 61.0 Å². The number of allylic oxidation sites excluding steroid dienone is 2. The van der Waals surface area contributed by atoms with Crippen molar-refractivity contribution in [2.45, 2.75) is 12.0 Å². The van der Waals surface area contributed by atoms with Gasteiger partial charge in [-0.15, -0.1) is 0 Å². The molecule has 5 nitrogen and oxygen atoms in total.